The number of hydrogen-bond acceptors (Lipinski definition) is 5. The molecule has 122 valence electrons. The summed E-state index contributed by atoms with van der Waals surface area (Å²) in [7, 11) is 4.31. The Morgan fingerprint density at radius 2 is 1.65 bits per heavy atom. The molecule has 0 unspecified atom stereocenters. The molecule has 2 aromatic rings. The number of benzene rings is 2. The van der Waals surface area contributed by atoms with E-state index in [2.05, 4.69) is 5.32 Å². The zero-order valence-electron chi connectivity index (χ0n) is 13.2. The molecule has 0 aliphatic heterocycles. The molecule has 1 N–H and O–H groups in total. The Bertz CT molecular complexity index is 686. The van der Waals surface area contributed by atoms with Crippen LogP contribution in [0.3, 0.4) is 0 Å². The molecule has 23 heavy (non-hydrogen) atoms. The number of hydrogen-bond donors (Lipinski definition) is 1. The van der Waals surface area contributed by atoms with Gasteiger partial charge in [0.2, 0.25) is 0 Å². The summed E-state index contributed by atoms with van der Waals surface area (Å²) in [6.45, 7) is 0.416. The number of halogens is 1. The highest BCUT2D eigenvalue weighted by Crippen LogP contribution is 2.34. The second-order valence-electron chi connectivity index (χ2n) is 4.72. The molecular weight excluding hydrogens is 301 g/mol. The largest absolute Gasteiger partial charge is 0.493 e. The van der Waals surface area contributed by atoms with Gasteiger partial charge >= 0.3 is 5.97 Å². The van der Waals surface area contributed by atoms with Crippen LogP contribution < -0.4 is 14.8 Å². The molecule has 2 aromatic carbocycles. The maximum Gasteiger partial charge on any atom is 0.340 e. The van der Waals surface area contributed by atoms with E-state index in [1.54, 1.807) is 24.3 Å². The van der Waals surface area contributed by atoms with Crippen molar-refractivity contribution < 1.29 is 23.4 Å². The first-order chi connectivity index (χ1) is 11.1. The number of ether oxygens (including phenoxy) is 3. The molecule has 0 saturated carbocycles. The minimum absolute atomic E-state index is 0.296. The Hall–Kier alpha value is -2.76. The minimum atomic E-state index is -0.493. The summed E-state index contributed by atoms with van der Waals surface area (Å²) in [6, 6.07) is 9.31. The van der Waals surface area contributed by atoms with Gasteiger partial charge in [0.05, 0.1) is 32.6 Å². The third-order valence-corrected chi connectivity index (χ3v) is 3.33. The van der Waals surface area contributed by atoms with E-state index in [1.165, 1.54) is 33.5 Å². The topological polar surface area (TPSA) is 56.8 Å². The van der Waals surface area contributed by atoms with Crippen molar-refractivity contribution in [2.75, 3.05) is 26.6 Å². The summed E-state index contributed by atoms with van der Waals surface area (Å²) in [5, 5.41) is 3.13. The van der Waals surface area contributed by atoms with Crippen LogP contribution in [0, 0.1) is 5.82 Å². The van der Waals surface area contributed by atoms with Gasteiger partial charge in [-0.1, -0.05) is 12.1 Å². The van der Waals surface area contributed by atoms with Gasteiger partial charge in [-0.05, 0) is 17.7 Å². The van der Waals surface area contributed by atoms with Crippen molar-refractivity contribution in [1.29, 1.82) is 0 Å². The lowest BCUT2D eigenvalue weighted by Crippen LogP contribution is -2.09. The average molecular weight is 319 g/mol. The molecule has 0 aliphatic rings. The van der Waals surface area contributed by atoms with Crippen LogP contribution in [0.5, 0.6) is 11.5 Å². The highest BCUT2D eigenvalue weighted by atomic mass is 19.1. The van der Waals surface area contributed by atoms with Crippen molar-refractivity contribution in [3.63, 3.8) is 0 Å². The van der Waals surface area contributed by atoms with Gasteiger partial charge in [0.25, 0.3) is 0 Å². The molecule has 2 rings (SSSR count). The Morgan fingerprint density at radius 1 is 1.04 bits per heavy atom. The zero-order chi connectivity index (χ0) is 16.8. The summed E-state index contributed by atoms with van der Waals surface area (Å²) in [5.74, 6) is 0.129. The van der Waals surface area contributed by atoms with E-state index in [-0.39, 0.29) is 5.82 Å². The van der Waals surface area contributed by atoms with Gasteiger partial charge in [-0.3, -0.25) is 0 Å². The van der Waals surface area contributed by atoms with Crippen LogP contribution in [0.2, 0.25) is 0 Å². The fraction of sp³-hybridized carbons (Fsp3) is 0.235. The number of nitrogens with one attached hydrogen (secondary N) is 1. The lowest BCUT2D eigenvalue weighted by atomic mass is 10.1. The molecule has 0 aromatic heterocycles. The van der Waals surface area contributed by atoms with E-state index in [1.807, 2.05) is 0 Å². The van der Waals surface area contributed by atoms with Crippen molar-refractivity contribution >= 4 is 11.7 Å². The van der Waals surface area contributed by atoms with E-state index in [4.69, 9.17) is 14.2 Å². The Balaban J connectivity index is 2.30. The molecular formula is C17H18FNO4. The van der Waals surface area contributed by atoms with Crippen LogP contribution in [0.25, 0.3) is 0 Å². The predicted molar refractivity (Wildman–Crippen MR) is 84.6 cm³/mol. The van der Waals surface area contributed by atoms with E-state index in [0.717, 1.165) is 5.56 Å². The van der Waals surface area contributed by atoms with Crippen LogP contribution >= 0.6 is 0 Å². The Kier molecular flexibility index (Phi) is 5.41. The molecule has 5 nitrogen and oxygen atoms in total. The molecule has 0 amide bonds. The summed E-state index contributed by atoms with van der Waals surface area (Å²) >= 11 is 0. The summed E-state index contributed by atoms with van der Waals surface area (Å²) < 4.78 is 28.2. The SMILES string of the molecule is COC(=O)c1cc(OC)c(OC)cc1NCc1ccc(F)cc1. The molecule has 0 spiro atoms. The smallest absolute Gasteiger partial charge is 0.340 e. The number of carbonyl (C=O) groups is 1. The van der Waals surface area contributed by atoms with Gasteiger partial charge in [0.15, 0.2) is 11.5 Å². The van der Waals surface area contributed by atoms with Gasteiger partial charge in [-0.2, -0.15) is 0 Å². The number of esters is 1. The Morgan fingerprint density at radius 3 is 2.22 bits per heavy atom. The maximum atomic E-state index is 12.9. The van der Waals surface area contributed by atoms with Gasteiger partial charge < -0.3 is 19.5 Å². The molecule has 0 bridgehead atoms. The molecule has 6 heteroatoms. The van der Waals surface area contributed by atoms with E-state index >= 15 is 0 Å². The highest BCUT2D eigenvalue weighted by molar-refractivity contribution is 5.96. The van der Waals surface area contributed by atoms with Crippen molar-refractivity contribution in [2.45, 2.75) is 6.54 Å². The van der Waals surface area contributed by atoms with Crippen molar-refractivity contribution in [3.05, 3.63) is 53.3 Å². The number of rotatable bonds is 6. The molecule has 0 aliphatic carbocycles. The third-order valence-electron chi connectivity index (χ3n) is 3.33. The van der Waals surface area contributed by atoms with Crippen molar-refractivity contribution in [3.8, 4) is 11.5 Å². The van der Waals surface area contributed by atoms with E-state index < -0.39 is 5.97 Å². The minimum Gasteiger partial charge on any atom is -0.493 e. The van der Waals surface area contributed by atoms with Crippen molar-refractivity contribution in [1.82, 2.24) is 0 Å². The molecule has 0 heterocycles. The normalized spacial score (nSPS) is 10.1. The molecule has 0 saturated heterocycles. The predicted octanol–water partition coefficient (Wildman–Crippen LogP) is 3.24. The Labute approximate surface area is 134 Å². The van der Waals surface area contributed by atoms with Gasteiger partial charge in [0.1, 0.15) is 5.82 Å². The zero-order valence-corrected chi connectivity index (χ0v) is 13.2. The van der Waals surface area contributed by atoms with Crippen molar-refractivity contribution in [2.24, 2.45) is 0 Å². The second kappa shape index (κ2) is 7.49. The lowest BCUT2D eigenvalue weighted by Gasteiger charge is -2.15. The van der Waals surface area contributed by atoms with E-state index in [9.17, 15) is 9.18 Å². The van der Waals surface area contributed by atoms with Crippen LogP contribution in [0.1, 0.15) is 15.9 Å². The third kappa shape index (κ3) is 3.91. The first-order valence-electron chi connectivity index (χ1n) is 6.91. The monoisotopic (exact) mass is 319 g/mol. The quantitative estimate of drug-likeness (QED) is 0.828. The van der Waals surface area contributed by atoms with E-state index in [0.29, 0.717) is 29.3 Å². The summed E-state index contributed by atoms with van der Waals surface area (Å²) in [4.78, 5) is 11.9. The van der Waals surface area contributed by atoms with Gasteiger partial charge in [-0.25, -0.2) is 9.18 Å². The number of carbonyl (C=O) groups excluding carboxylic acids is 1. The molecule has 0 atom stereocenters. The highest BCUT2D eigenvalue weighted by Gasteiger charge is 2.17. The summed E-state index contributed by atoms with van der Waals surface area (Å²) in [5.41, 5.74) is 1.74. The fourth-order valence-corrected chi connectivity index (χ4v) is 2.10. The standard InChI is InChI=1S/C17H18FNO4/c1-21-15-8-13(17(20)23-3)14(9-16(15)22-2)19-10-11-4-6-12(18)7-5-11/h4-9,19H,10H2,1-3H3. The maximum absolute atomic E-state index is 12.9. The molecule has 0 radical (unpaired) electrons. The van der Waals surface area contributed by atoms with Crippen LogP contribution in [-0.2, 0) is 11.3 Å². The van der Waals surface area contributed by atoms with Gasteiger partial charge in [-0.15, -0.1) is 0 Å². The lowest BCUT2D eigenvalue weighted by molar-refractivity contribution is 0.0601. The first-order valence-corrected chi connectivity index (χ1v) is 6.91. The first kappa shape index (κ1) is 16.6. The fourth-order valence-electron chi connectivity index (χ4n) is 2.10. The van der Waals surface area contributed by atoms with Gasteiger partial charge in [0, 0.05) is 18.7 Å². The molecule has 0 fully saturated rings. The van der Waals surface area contributed by atoms with Crippen LogP contribution in [0.15, 0.2) is 36.4 Å². The summed E-state index contributed by atoms with van der Waals surface area (Å²) in [6.07, 6.45) is 0. The average Bonchev–Trinajstić information content (AvgIpc) is 2.59. The van der Waals surface area contributed by atoms with Crippen LogP contribution in [-0.4, -0.2) is 27.3 Å². The van der Waals surface area contributed by atoms with Crippen LogP contribution in [0.4, 0.5) is 10.1 Å². The number of anilines is 1. The number of methoxy groups -OCH3 is 3. The second-order valence-corrected chi connectivity index (χ2v) is 4.72.